The topological polar surface area (TPSA) is 141 Å². The number of amides is 1. The molecule has 1 aromatic rings. The number of aromatic nitrogens is 3. The first-order valence-electron chi connectivity index (χ1n) is 5.53. The number of nitrogens with two attached hydrogens (primary N) is 2. The number of hydrogen-bond donors (Lipinski definition) is 4. The number of ether oxygens (including phenoxy) is 1. The van der Waals surface area contributed by atoms with Gasteiger partial charge in [-0.25, -0.2) is 5.84 Å². The molecule has 0 spiro atoms. The molecule has 18 heavy (non-hydrogen) atoms. The highest BCUT2D eigenvalue weighted by Crippen LogP contribution is 2.10. The third-order valence-corrected chi connectivity index (χ3v) is 1.90. The van der Waals surface area contributed by atoms with Gasteiger partial charge >= 0.3 is 6.01 Å². The van der Waals surface area contributed by atoms with E-state index >= 15 is 0 Å². The average molecular weight is 255 g/mol. The van der Waals surface area contributed by atoms with Crippen LogP contribution in [-0.4, -0.2) is 34.0 Å². The fourth-order valence-corrected chi connectivity index (χ4v) is 1.16. The summed E-state index contributed by atoms with van der Waals surface area (Å²) in [6.45, 7) is 2.77. The first-order chi connectivity index (χ1) is 8.65. The number of nitrogens with zero attached hydrogens (tertiary/aromatic N) is 3. The second-order valence-electron chi connectivity index (χ2n) is 3.34. The van der Waals surface area contributed by atoms with Crippen LogP contribution in [0.15, 0.2) is 0 Å². The number of nitrogens with one attached hydrogen (secondary N) is 2. The van der Waals surface area contributed by atoms with Gasteiger partial charge in [-0.15, -0.1) is 0 Å². The van der Waals surface area contributed by atoms with Gasteiger partial charge in [-0.3, -0.25) is 10.2 Å². The van der Waals surface area contributed by atoms with Crippen molar-refractivity contribution in [2.24, 2.45) is 11.6 Å². The molecule has 0 saturated carbocycles. The van der Waals surface area contributed by atoms with Crippen LogP contribution in [-0.2, 0) is 4.79 Å². The minimum atomic E-state index is -0.341. The molecule has 1 rings (SSSR count). The Kier molecular flexibility index (Phi) is 5.58. The molecule has 0 aliphatic carbocycles. The largest absolute Gasteiger partial charge is 0.464 e. The van der Waals surface area contributed by atoms with Gasteiger partial charge in [0.2, 0.25) is 17.8 Å². The van der Waals surface area contributed by atoms with Crippen LogP contribution >= 0.6 is 0 Å². The van der Waals surface area contributed by atoms with Crippen molar-refractivity contribution >= 4 is 17.8 Å². The Hall–Kier alpha value is -2.16. The fraction of sp³-hybridized carbons (Fsp3) is 0.556. The average Bonchev–Trinajstić information content (AvgIpc) is 2.34. The number of carbonyl (C=O) groups excluding carboxylic acids is 1. The van der Waals surface area contributed by atoms with Crippen molar-refractivity contribution in [3.8, 4) is 6.01 Å². The Morgan fingerprint density at radius 3 is 2.67 bits per heavy atom. The lowest BCUT2D eigenvalue weighted by molar-refractivity contribution is -0.118. The van der Waals surface area contributed by atoms with Crippen molar-refractivity contribution < 1.29 is 9.53 Å². The first-order valence-corrected chi connectivity index (χ1v) is 5.53. The summed E-state index contributed by atoms with van der Waals surface area (Å²) in [5.41, 5.74) is 7.35. The van der Waals surface area contributed by atoms with Gasteiger partial charge in [0.15, 0.2) is 0 Å². The van der Waals surface area contributed by atoms with Crippen molar-refractivity contribution in [2.45, 2.75) is 19.8 Å². The van der Waals surface area contributed by atoms with E-state index in [4.69, 9.17) is 16.3 Å². The van der Waals surface area contributed by atoms with Crippen molar-refractivity contribution in [3.05, 3.63) is 0 Å². The fourth-order valence-electron chi connectivity index (χ4n) is 1.16. The quantitative estimate of drug-likeness (QED) is 0.269. The van der Waals surface area contributed by atoms with Gasteiger partial charge in [-0.05, 0) is 13.3 Å². The van der Waals surface area contributed by atoms with Crippen molar-refractivity contribution in [1.82, 2.24) is 15.0 Å². The summed E-state index contributed by atoms with van der Waals surface area (Å²) in [6.07, 6.45) is 0.898. The lowest BCUT2D eigenvalue weighted by Crippen LogP contribution is -2.16. The molecule has 6 N–H and O–H groups in total. The molecule has 0 unspecified atom stereocenters. The minimum absolute atomic E-state index is 0.179. The van der Waals surface area contributed by atoms with E-state index in [1.54, 1.807) is 0 Å². The molecule has 1 heterocycles. The third kappa shape index (κ3) is 4.78. The summed E-state index contributed by atoms with van der Waals surface area (Å²) in [5.74, 6) is 5.41. The molecule has 9 nitrogen and oxygen atoms in total. The van der Waals surface area contributed by atoms with Crippen LogP contribution in [0.3, 0.4) is 0 Å². The Labute approximate surface area is 104 Å². The Bertz CT molecular complexity index is 399. The summed E-state index contributed by atoms with van der Waals surface area (Å²) >= 11 is 0. The molecular formula is C9H17N7O2. The molecule has 0 saturated heterocycles. The van der Waals surface area contributed by atoms with Crippen LogP contribution in [0.5, 0.6) is 6.01 Å². The third-order valence-electron chi connectivity index (χ3n) is 1.90. The van der Waals surface area contributed by atoms with Crippen molar-refractivity contribution in [3.63, 3.8) is 0 Å². The van der Waals surface area contributed by atoms with Crippen LogP contribution in [0, 0.1) is 0 Å². The summed E-state index contributed by atoms with van der Waals surface area (Å²) in [7, 11) is 0. The normalized spacial score (nSPS) is 9.89. The first kappa shape index (κ1) is 13.9. The standard InChI is InChI=1S/C9H17N7O2/c1-2-18-9-14-7(13-8(15-9)16-11)12-5-3-4-6(10)17/h2-5,11H2,1H3,(H2,10,17)(H2,12,13,14,15,16). The van der Waals surface area contributed by atoms with Gasteiger partial charge in [-0.2, -0.15) is 15.0 Å². The number of rotatable bonds is 8. The SMILES string of the molecule is CCOc1nc(NN)nc(NCCCC(N)=O)n1. The van der Waals surface area contributed by atoms with E-state index in [0.717, 1.165) is 0 Å². The minimum Gasteiger partial charge on any atom is -0.464 e. The maximum Gasteiger partial charge on any atom is 0.323 e. The maximum atomic E-state index is 10.6. The Morgan fingerprint density at radius 2 is 2.06 bits per heavy atom. The van der Waals surface area contributed by atoms with E-state index in [-0.39, 0.29) is 17.9 Å². The number of nitrogen functional groups attached to an aromatic ring is 1. The second-order valence-corrected chi connectivity index (χ2v) is 3.34. The van der Waals surface area contributed by atoms with Crippen LogP contribution in [0.25, 0.3) is 0 Å². The van der Waals surface area contributed by atoms with Gasteiger partial charge in [0.25, 0.3) is 0 Å². The Balaban J connectivity index is 2.57. The summed E-state index contributed by atoms with van der Waals surface area (Å²) < 4.78 is 5.16. The zero-order valence-corrected chi connectivity index (χ0v) is 10.1. The molecular weight excluding hydrogens is 238 g/mol. The predicted octanol–water partition coefficient (Wildman–Crippen LogP) is -0.767. The van der Waals surface area contributed by atoms with E-state index in [0.29, 0.717) is 31.9 Å². The van der Waals surface area contributed by atoms with Crippen molar-refractivity contribution in [1.29, 1.82) is 0 Å². The highest BCUT2D eigenvalue weighted by Gasteiger charge is 2.06. The zero-order chi connectivity index (χ0) is 13.4. The monoisotopic (exact) mass is 255 g/mol. The molecule has 1 amide bonds. The molecule has 0 fully saturated rings. The predicted molar refractivity (Wildman–Crippen MR) is 65.7 cm³/mol. The van der Waals surface area contributed by atoms with Crippen molar-refractivity contribution in [2.75, 3.05) is 23.9 Å². The molecule has 0 aliphatic heterocycles. The molecule has 9 heteroatoms. The molecule has 0 radical (unpaired) electrons. The van der Waals surface area contributed by atoms with E-state index in [1.807, 2.05) is 6.92 Å². The Morgan fingerprint density at radius 1 is 1.33 bits per heavy atom. The van der Waals surface area contributed by atoms with Crippen LogP contribution < -0.4 is 27.1 Å². The molecule has 0 aromatic carbocycles. The van der Waals surface area contributed by atoms with Crippen LogP contribution in [0.1, 0.15) is 19.8 Å². The highest BCUT2D eigenvalue weighted by atomic mass is 16.5. The number of hydrogen-bond acceptors (Lipinski definition) is 8. The van der Waals surface area contributed by atoms with E-state index in [1.165, 1.54) is 0 Å². The van der Waals surface area contributed by atoms with E-state index < -0.39 is 0 Å². The molecule has 100 valence electrons. The summed E-state index contributed by atoms with van der Waals surface area (Å²) in [5, 5.41) is 2.93. The number of anilines is 2. The maximum absolute atomic E-state index is 10.6. The summed E-state index contributed by atoms with van der Waals surface area (Å²) in [6, 6.07) is 0.179. The second kappa shape index (κ2) is 7.22. The highest BCUT2D eigenvalue weighted by molar-refractivity contribution is 5.73. The lowest BCUT2D eigenvalue weighted by atomic mass is 10.3. The smallest absolute Gasteiger partial charge is 0.323 e. The zero-order valence-electron chi connectivity index (χ0n) is 10.1. The van der Waals surface area contributed by atoms with E-state index in [9.17, 15) is 4.79 Å². The van der Waals surface area contributed by atoms with Crippen LogP contribution in [0.2, 0.25) is 0 Å². The molecule has 0 atom stereocenters. The van der Waals surface area contributed by atoms with E-state index in [2.05, 4.69) is 25.7 Å². The van der Waals surface area contributed by atoms with Gasteiger partial charge in [0.1, 0.15) is 0 Å². The van der Waals surface area contributed by atoms with Crippen LogP contribution in [0.4, 0.5) is 11.9 Å². The lowest BCUT2D eigenvalue weighted by Gasteiger charge is -2.07. The van der Waals surface area contributed by atoms with Gasteiger partial charge in [0, 0.05) is 13.0 Å². The summed E-state index contributed by atoms with van der Waals surface area (Å²) in [4.78, 5) is 22.5. The molecule has 1 aromatic heterocycles. The molecule has 0 aliphatic rings. The number of hydrazine groups is 1. The number of primary amides is 1. The number of carbonyl (C=O) groups is 1. The molecule has 0 bridgehead atoms. The van der Waals surface area contributed by atoms with Gasteiger partial charge in [0.05, 0.1) is 6.61 Å². The van der Waals surface area contributed by atoms with Gasteiger partial charge in [-0.1, -0.05) is 0 Å². The van der Waals surface area contributed by atoms with Gasteiger partial charge < -0.3 is 15.8 Å².